The Morgan fingerprint density at radius 2 is 1.73 bits per heavy atom. The summed E-state index contributed by atoms with van der Waals surface area (Å²) in [6.45, 7) is 2.34. The molecule has 0 amide bonds. The number of nitriles is 1. The second kappa shape index (κ2) is 13.2. The van der Waals surface area contributed by atoms with Crippen molar-refractivity contribution in [2.45, 2.75) is 19.4 Å². The van der Waals surface area contributed by atoms with E-state index in [0.29, 0.717) is 35.0 Å². The van der Waals surface area contributed by atoms with Gasteiger partial charge in [0.05, 0.1) is 35.2 Å². The van der Waals surface area contributed by atoms with E-state index >= 15 is 0 Å². The number of fused-ring (bicyclic) bond motifs is 1. The first-order chi connectivity index (χ1) is 21.2. The number of nitrogens with two attached hydrogens (primary N) is 1. The van der Waals surface area contributed by atoms with Crippen LogP contribution in [0.3, 0.4) is 0 Å². The number of hydrogen-bond acceptors (Lipinski definition) is 8. The maximum absolute atomic E-state index is 13.3. The molecule has 1 aliphatic rings. The van der Waals surface area contributed by atoms with E-state index in [2.05, 4.69) is 6.07 Å². The average molecular weight is 635 g/mol. The lowest BCUT2D eigenvalue weighted by Gasteiger charge is -2.27. The van der Waals surface area contributed by atoms with Gasteiger partial charge in [0, 0.05) is 11.6 Å². The Morgan fingerprint density at radius 1 is 1.00 bits per heavy atom. The van der Waals surface area contributed by atoms with Crippen LogP contribution in [-0.2, 0) is 6.61 Å². The van der Waals surface area contributed by atoms with Gasteiger partial charge in [0.15, 0.2) is 17.2 Å². The number of ether oxygens (including phenoxy) is 5. The van der Waals surface area contributed by atoms with Crippen LogP contribution in [0, 0.1) is 17.1 Å². The van der Waals surface area contributed by atoms with Crippen LogP contribution in [0.25, 0.3) is 0 Å². The molecule has 11 heteroatoms. The quantitative estimate of drug-likeness (QED) is 0.148. The van der Waals surface area contributed by atoms with Crippen LogP contribution in [-0.4, -0.2) is 19.7 Å². The van der Waals surface area contributed by atoms with Crippen LogP contribution >= 0.6 is 23.2 Å². The smallest absolute Gasteiger partial charge is 0.343 e. The summed E-state index contributed by atoms with van der Waals surface area (Å²) < 4.78 is 41.5. The molecule has 0 fully saturated rings. The Morgan fingerprint density at radius 3 is 2.39 bits per heavy atom. The third kappa shape index (κ3) is 6.37. The highest BCUT2D eigenvalue weighted by molar-refractivity contribution is 6.37. The van der Waals surface area contributed by atoms with Crippen LogP contribution in [0.1, 0.15) is 39.9 Å². The molecule has 1 unspecified atom stereocenters. The molecule has 0 saturated carbocycles. The molecule has 0 aliphatic carbocycles. The highest BCUT2D eigenvalue weighted by atomic mass is 35.5. The van der Waals surface area contributed by atoms with Gasteiger partial charge in [-0.1, -0.05) is 47.5 Å². The first-order valence-electron chi connectivity index (χ1n) is 13.3. The number of halogens is 3. The minimum atomic E-state index is -0.702. The number of nitrogens with zero attached hydrogens (tertiary/aromatic N) is 1. The van der Waals surface area contributed by atoms with Crippen molar-refractivity contribution >= 4 is 29.2 Å². The van der Waals surface area contributed by atoms with E-state index < -0.39 is 11.9 Å². The van der Waals surface area contributed by atoms with E-state index in [1.54, 1.807) is 49.4 Å². The lowest BCUT2D eigenvalue weighted by molar-refractivity contribution is 0.0734. The first kappa shape index (κ1) is 30.5. The predicted molar refractivity (Wildman–Crippen MR) is 162 cm³/mol. The zero-order valence-electron chi connectivity index (χ0n) is 23.5. The SMILES string of the molecule is CCOc1c(Cl)cc(C(=O)Oc2ccc3c(c2)OC(N)=C(C#N)C3c2ccc(OCc3ccc(F)cc3)c(OC)c2)cc1Cl. The van der Waals surface area contributed by atoms with E-state index in [-0.39, 0.29) is 51.0 Å². The van der Waals surface area contributed by atoms with Crippen molar-refractivity contribution in [2.75, 3.05) is 13.7 Å². The fraction of sp³-hybridized carbons (Fsp3) is 0.152. The molecule has 0 saturated heterocycles. The minimum Gasteiger partial charge on any atom is -0.493 e. The molecule has 5 rings (SSSR count). The molecule has 8 nitrogen and oxygen atoms in total. The number of hydrogen-bond donors (Lipinski definition) is 1. The Kier molecular flexibility index (Phi) is 9.14. The van der Waals surface area contributed by atoms with Gasteiger partial charge in [0.2, 0.25) is 5.88 Å². The molecule has 4 aromatic carbocycles. The zero-order chi connectivity index (χ0) is 31.4. The third-order valence-corrected chi connectivity index (χ3v) is 7.31. The van der Waals surface area contributed by atoms with Crippen LogP contribution in [0.2, 0.25) is 10.0 Å². The number of allylic oxidation sites excluding steroid dienone is 1. The number of benzene rings is 4. The van der Waals surface area contributed by atoms with Gasteiger partial charge < -0.3 is 29.4 Å². The maximum Gasteiger partial charge on any atom is 0.343 e. The molecule has 224 valence electrons. The molecule has 1 atom stereocenters. The average Bonchev–Trinajstić information content (AvgIpc) is 3.01. The normalized spacial score (nSPS) is 13.8. The summed E-state index contributed by atoms with van der Waals surface area (Å²) in [6, 6.07) is 21.0. The molecular formula is C33H25Cl2FN2O6. The first-order valence-corrected chi connectivity index (χ1v) is 14.1. The topological polar surface area (TPSA) is 113 Å². The van der Waals surface area contributed by atoms with Crippen molar-refractivity contribution in [3.8, 4) is 34.8 Å². The van der Waals surface area contributed by atoms with Crippen LogP contribution in [0.15, 0.2) is 84.3 Å². The molecular weight excluding hydrogens is 610 g/mol. The van der Waals surface area contributed by atoms with E-state index in [4.69, 9.17) is 52.6 Å². The molecule has 44 heavy (non-hydrogen) atoms. The predicted octanol–water partition coefficient (Wildman–Crippen LogP) is 7.56. The molecule has 2 N–H and O–H groups in total. The Hall–Kier alpha value is -4.91. The standard InChI is InChI=1S/C33H25Cl2FN2O6/c1-3-41-31-25(34)12-20(13-26(31)35)33(39)43-22-9-10-23-28(15-22)44-32(38)24(16-37)30(23)19-6-11-27(29(14-19)40-2)42-17-18-4-7-21(36)8-5-18/h4-15,30H,3,17,38H2,1-2H3. The van der Waals surface area contributed by atoms with Gasteiger partial charge in [0.1, 0.15) is 35.6 Å². The third-order valence-electron chi connectivity index (χ3n) is 6.75. The van der Waals surface area contributed by atoms with Crippen molar-refractivity contribution < 1.29 is 32.9 Å². The molecule has 1 aliphatic heterocycles. The van der Waals surface area contributed by atoms with Gasteiger partial charge in [0.25, 0.3) is 0 Å². The van der Waals surface area contributed by atoms with Crippen LogP contribution in [0.4, 0.5) is 4.39 Å². The highest BCUT2D eigenvalue weighted by Crippen LogP contribution is 2.45. The summed E-state index contributed by atoms with van der Waals surface area (Å²) >= 11 is 12.5. The molecule has 0 aromatic heterocycles. The summed E-state index contributed by atoms with van der Waals surface area (Å²) in [5.41, 5.74) is 8.58. The number of esters is 1. The van der Waals surface area contributed by atoms with Gasteiger partial charge in [-0.2, -0.15) is 5.26 Å². The van der Waals surface area contributed by atoms with Crippen molar-refractivity contribution in [1.82, 2.24) is 0 Å². The fourth-order valence-corrected chi connectivity index (χ4v) is 5.29. The van der Waals surface area contributed by atoms with Gasteiger partial charge in [-0.3, -0.25) is 0 Å². The molecule has 1 heterocycles. The molecule has 0 spiro atoms. The summed E-state index contributed by atoms with van der Waals surface area (Å²) in [6.07, 6.45) is 0. The lowest BCUT2D eigenvalue weighted by Crippen LogP contribution is -2.21. The van der Waals surface area contributed by atoms with Crippen molar-refractivity contribution in [3.63, 3.8) is 0 Å². The molecule has 0 bridgehead atoms. The number of carbonyl (C=O) groups is 1. The van der Waals surface area contributed by atoms with E-state index in [0.717, 1.165) is 5.56 Å². The number of methoxy groups -OCH3 is 1. The van der Waals surface area contributed by atoms with Crippen LogP contribution < -0.4 is 29.4 Å². The lowest BCUT2D eigenvalue weighted by atomic mass is 9.83. The van der Waals surface area contributed by atoms with Crippen molar-refractivity contribution in [3.05, 3.63) is 122 Å². The fourth-order valence-electron chi connectivity index (χ4n) is 4.69. The van der Waals surface area contributed by atoms with Gasteiger partial charge in [-0.05, 0) is 60.5 Å². The van der Waals surface area contributed by atoms with Gasteiger partial charge in [-0.25, -0.2) is 9.18 Å². The summed E-state index contributed by atoms with van der Waals surface area (Å²) in [5.74, 6) is -0.107. The van der Waals surface area contributed by atoms with Gasteiger partial charge in [-0.15, -0.1) is 0 Å². The summed E-state index contributed by atoms with van der Waals surface area (Å²) in [4.78, 5) is 12.9. The van der Waals surface area contributed by atoms with E-state index in [1.807, 2.05) is 0 Å². The van der Waals surface area contributed by atoms with Crippen LogP contribution in [0.5, 0.6) is 28.7 Å². The second-order valence-corrected chi connectivity index (χ2v) is 10.4. The summed E-state index contributed by atoms with van der Waals surface area (Å²) in [5, 5.41) is 10.3. The van der Waals surface area contributed by atoms with Crippen molar-refractivity contribution in [1.29, 1.82) is 5.26 Å². The Labute approximate surface area is 262 Å². The zero-order valence-corrected chi connectivity index (χ0v) is 25.0. The maximum atomic E-state index is 13.3. The van der Waals surface area contributed by atoms with E-state index in [1.165, 1.54) is 37.4 Å². The monoisotopic (exact) mass is 634 g/mol. The Bertz CT molecular complexity index is 1780. The van der Waals surface area contributed by atoms with Gasteiger partial charge >= 0.3 is 5.97 Å². The van der Waals surface area contributed by atoms with E-state index in [9.17, 15) is 14.4 Å². The number of carbonyl (C=O) groups excluding carboxylic acids is 1. The molecule has 0 radical (unpaired) electrons. The second-order valence-electron chi connectivity index (χ2n) is 9.54. The number of rotatable bonds is 9. The minimum absolute atomic E-state index is 0.0887. The Balaban J connectivity index is 1.41. The summed E-state index contributed by atoms with van der Waals surface area (Å²) in [7, 11) is 1.50. The highest BCUT2D eigenvalue weighted by Gasteiger charge is 2.32. The van der Waals surface area contributed by atoms with Crippen molar-refractivity contribution in [2.24, 2.45) is 5.73 Å². The molecule has 4 aromatic rings. The largest absolute Gasteiger partial charge is 0.493 e.